The lowest BCUT2D eigenvalue weighted by atomic mass is 10.1. The smallest absolute Gasteiger partial charge is 0.138 e. The van der Waals surface area contributed by atoms with Crippen LogP contribution in [0, 0.1) is 19.7 Å². The van der Waals surface area contributed by atoms with Crippen LogP contribution in [0.3, 0.4) is 0 Å². The first-order valence-corrected chi connectivity index (χ1v) is 6.76. The van der Waals surface area contributed by atoms with E-state index in [0.29, 0.717) is 5.56 Å². The monoisotopic (exact) mass is 318 g/mol. The molecule has 96 valence electrons. The fourth-order valence-corrected chi connectivity index (χ4v) is 2.75. The van der Waals surface area contributed by atoms with Crippen molar-refractivity contribution in [2.45, 2.75) is 13.8 Å². The summed E-state index contributed by atoms with van der Waals surface area (Å²) in [5.41, 5.74) is 4.54. The predicted molar refractivity (Wildman–Crippen MR) is 78.7 cm³/mol. The third-order valence-electron chi connectivity index (χ3n) is 3.17. The van der Waals surface area contributed by atoms with Crippen molar-refractivity contribution in [3.63, 3.8) is 0 Å². The molecular formula is C15H12BrFN2. The molecule has 0 saturated carbocycles. The van der Waals surface area contributed by atoms with Crippen molar-refractivity contribution >= 4 is 27.0 Å². The third-order valence-corrected chi connectivity index (χ3v) is 3.63. The highest BCUT2D eigenvalue weighted by atomic mass is 79.9. The van der Waals surface area contributed by atoms with Gasteiger partial charge >= 0.3 is 0 Å². The summed E-state index contributed by atoms with van der Waals surface area (Å²) in [5.74, 6) is 0.568. The van der Waals surface area contributed by atoms with Gasteiger partial charge < -0.3 is 4.98 Å². The molecule has 0 saturated heterocycles. The zero-order valence-electron chi connectivity index (χ0n) is 10.6. The van der Waals surface area contributed by atoms with Crippen molar-refractivity contribution in [3.05, 3.63) is 51.7 Å². The van der Waals surface area contributed by atoms with Gasteiger partial charge in [0.2, 0.25) is 0 Å². The number of aromatic amines is 1. The van der Waals surface area contributed by atoms with Gasteiger partial charge in [-0.25, -0.2) is 9.37 Å². The summed E-state index contributed by atoms with van der Waals surface area (Å²) in [4.78, 5) is 7.87. The first-order chi connectivity index (χ1) is 9.04. The van der Waals surface area contributed by atoms with Gasteiger partial charge in [0, 0.05) is 10.0 Å². The number of hydrogen-bond donors (Lipinski definition) is 1. The summed E-state index contributed by atoms with van der Waals surface area (Å²) < 4.78 is 14.3. The maximum atomic E-state index is 13.3. The summed E-state index contributed by atoms with van der Waals surface area (Å²) in [6.07, 6.45) is 0. The number of nitrogens with zero attached hydrogens (tertiary/aromatic N) is 1. The Labute approximate surface area is 118 Å². The Balaban J connectivity index is 2.20. The van der Waals surface area contributed by atoms with E-state index in [0.717, 1.165) is 32.5 Å². The predicted octanol–water partition coefficient (Wildman–Crippen LogP) is 4.75. The number of rotatable bonds is 1. The topological polar surface area (TPSA) is 28.7 Å². The maximum absolute atomic E-state index is 13.3. The second-order valence-electron chi connectivity index (χ2n) is 4.67. The molecule has 0 fully saturated rings. The minimum Gasteiger partial charge on any atom is -0.338 e. The molecule has 0 aliphatic carbocycles. The van der Waals surface area contributed by atoms with E-state index < -0.39 is 0 Å². The summed E-state index contributed by atoms with van der Waals surface area (Å²) in [6, 6.07) is 9.04. The Bertz CT molecular complexity index is 777. The zero-order chi connectivity index (χ0) is 13.6. The van der Waals surface area contributed by atoms with Crippen molar-refractivity contribution < 1.29 is 4.39 Å². The van der Waals surface area contributed by atoms with Gasteiger partial charge in [-0.15, -0.1) is 0 Å². The quantitative estimate of drug-likeness (QED) is 0.689. The van der Waals surface area contributed by atoms with Gasteiger partial charge in [-0.1, -0.05) is 15.9 Å². The number of H-pyrrole nitrogens is 1. The van der Waals surface area contributed by atoms with Crippen LogP contribution in [0.5, 0.6) is 0 Å². The summed E-state index contributed by atoms with van der Waals surface area (Å²) >= 11 is 3.47. The molecular weight excluding hydrogens is 307 g/mol. The van der Waals surface area contributed by atoms with Crippen molar-refractivity contribution in [2.24, 2.45) is 0 Å². The van der Waals surface area contributed by atoms with Crippen LogP contribution in [0.1, 0.15) is 11.1 Å². The molecule has 2 aromatic carbocycles. The first-order valence-electron chi connectivity index (χ1n) is 5.97. The summed E-state index contributed by atoms with van der Waals surface area (Å²) in [6.45, 7) is 3.77. The van der Waals surface area contributed by atoms with Gasteiger partial charge in [-0.2, -0.15) is 0 Å². The van der Waals surface area contributed by atoms with Crippen LogP contribution >= 0.6 is 15.9 Å². The van der Waals surface area contributed by atoms with Crippen molar-refractivity contribution in [2.75, 3.05) is 0 Å². The van der Waals surface area contributed by atoms with Crippen LogP contribution in [-0.2, 0) is 0 Å². The molecule has 3 aromatic rings. The van der Waals surface area contributed by atoms with Crippen LogP contribution in [0.2, 0.25) is 0 Å². The zero-order valence-corrected chi connectivity index (χ0v) is 12.2. The van der Waals surface area contributed by atoms with Crippen LogP contribution in [-0.4, -0.2) is 9.97 Å². The van der Waals surface area contributed by atoms with Gasteiger partial charge in [-0.05, 0) is 55.3 Å². The lowest BCUT2D eigenvalue weighted by molar-refractivity contribution is 0.618. The Morgan fingerprint density at radius 2 is 1.89 bits per heavy atom. The Hall–Kier alpha value is -1.68. The minimum atomic E-state index is -0.196. The molecule has 0 aliphatic rings. The summed E-state index contributed by atoms with van der Waals surface area (Å²) in [5, 5.41) is 0. The van der Waals surface area contributed by atoms with E-state index in [9.17, 15) is 4.39 Å². The third kappa shape index (κ3) is 2.16. The molecule has 0 amide bonds. The highest BCUT2D eigenvalue weighted by Gasteiger charge is 2.09. The average molecular weight is 319 g/mol. The SMILES string of the molecule is Cc1cc(-c2nc3c(C)cc(Br)cc3[nH]2)ccc1F. The molecule has 0 radical (unpaired) electrons. The normalized spacial score (nSPS) is 11.2. The molecule has 0 atom stereocenters. The Kier molecular flexibility index (Phi) is 2.90. The molecule has 2 nitrogen and oxygen atoms in total. The van der Waals surface area contributed by atoms with Crippen LogP contribution in [0.4, 0.5) is 4.39 Å². The number of fused-ring (bicyclic) bond motifs is 1. The molecule has 0 bridgehead atoms. The molecule has 3 rings (SSSR count). The van der Waals surface area contributed by atoms with Gasteiger partial charge in [0.15, 0.2) is 0 Å². The Morgan fingerprint density at radius 1 is 1.11 bits per heavy atom. The molecule has 19 heavy (non-hydrogen) atoms. The van der Waals surface area contributed by atoms with E-state index in [1.165, 1.54) is 6.07 Å². The standard InChI is InChI=1S/C15H12BrFN2/c1-8-5-10(3-4-12(8)17)15-18-13-7-11(16)6-9(2)14(13)19-15/h3-7H,1-2H3,(H,18,19). The highest BCUT2D eigenvalue weighted by molar-refractivity contribution is 9.10. The molecule has 1 N–H and O–H groups in total. The fourth-order valence-electron chi connectivity index (χ4n) is 2.18. The largest absolute Gasteiger partial charge is 0.338 e. The molecule has 4 heteroatoms. The number of benzene rings is 2. The average Bonchev–Trinajstić information content (AvgIpc) is 2.76. The van der Waals surface area contributed by atoms with E-state index in [1.54, 1.807) is 19.1 Å². The van der Waals surface area contributed by atoms with Crippen LogP contribution in [0.25, 0.3) is 22.4 Å². The van der Waals surface area contributed by atoms with E-state index >= 15 is 0 Å². The van der Waals surface area contributed by atoms with Gasteiger partial charge in [-0.3, -0.25) is 0 Å². The lowest BCUT2D eigenvalue weighted by Crippen LogP contribution is -1.85. The first kappa shape index (κ1) is 12.4. The van der Waals surface area contributed by atoms with Crippen LogP contribution < -0.4 is 0 Å². The van der Waals surface area contributed by atoms with Crippen molar-refractivity contribution in [3.8, 4) is 11.4 Å². The maximum Gasteiger partial charge on any atom is 0.138 e. The highest BCUT2D eigenvalue weighted by Crippen LogP contribution is 2.26. The fraction of sp³-hybridized carbons (Fsp3) is 0.133. The second kappa shape index (κ2) is 4.46. The van der Waals surface area contributed by atoms with Crippen LogP contribution in [0.15, 0.2) is 34.8 Å². The second-order valence-corrected chi connectivity index (χ2v) is 5.58. The molecule has 0 aliphatic heterocycles. The molecule has 1 aromatic heterocycles. The van der Waals surface area contributed by atoms with E-state index in [4.69, 9.17) is 0 Å². The number of aromatic nitrogens is 2. The number of aryl methyl sites for hydroxylation is 2. The van der Waals surface area contributed by atoms with E-state index in [-0.39, 0.29) is 5.82 Å². The molecule has 0 unspecified atom stereocenters. The molecule has 0 spiro atoms. The van der Waals surface area contributed by atoms with Gasteiger partial charge in [0.1, 0.15) is 11.6 Å². The van der Waals surface area contributed by atoms with Crippen molar-refractivity contribution in [1.82, 2.24) is 9.97 Å². The summed E-state index contributed by atoms with van der Waals surface area (Å²) in [7, 11) is 0. The number of hydrogen-bond acceptors (Lipinski definition) is 1. The molecule has 1 heterocycles. The number of halogens is 2. The van der Waals surface area contributed by atoms with Gasteiger partial charge in [0.25, 0.3) is 0 Å². The van der Waals surface area contributed by atoms with E-state index in [2.05, 4.69) is 25.9 Å². The minimum absolute atomic E-state index is 0.196. The van der Waals surface area contributed by atoms with Gasteiger partial charge in [0.05, 0.1) is 11.0 Å². The van der Waals surface area contributed by atoms with E-state index in [1.807, 2.05) is 19.1 Å². The van der Waals surface area contributed by atoms with Crippen molar-refractivity contribution in [1.29, 1.82) is 0 Å². The number of nitrogens with one attached hydrogen (secondary N) is 1. The Morgan fingerprint density at radius 3 is 2.63 bits per heavy atom. The number of imidazole rings is 1. The lowest BCUT2D eigenvalue weighted by Gasteiger charge is -1.99.